The molecule has 0 radical (unpaired) electrons. The highest BCUT2D eigenvalue weighted by molar-refractivity contribution is 5.79. The van der Waals surface area contributed by atoms with E-state index in [0.29, 0.717) is 5.91 Å². The number of carbonyl (C=O) groups is 1. The number of fused-ring (bicyclic) bond motifs is 1. The molecule has 2 fully saturated rings. The van der Waals surface area contributed by atoms with Crippen LogP contribution < -0.4 is 5.84 Å². The maximum atomic E-state index is 12.9. The van der Waals surface area contributed by atoms with Crippen molar-refractivity contribution >= 4 is 16.9 Å². The SMILES string of the molecule is Cn1c(CN2CCC[C@@H](C(=O)N3CCN(N)CC3)C2)nc2ccccc21. The van der Waals surface area contributed by atoms with Gasteiger partial charge in [0, 0.05) is 39.8 Å². The zero-order valence-corrected chi connectivity index (χ0v) is 15.5. The van der Waals surface area contributed by atoms with Crippen molar-refractivity contribution in [1.29, 1.82) is 0 Å². The zero-order valence-electron chi connectivity index (χ0n) is 15.5. The van der Waals surface area contributed by atoms with Gasteiger partial charge < -0.3 is 9.47 Å². The van der Waals surface area contributed by atoms with E-state index in [4.69, 9.17) is 10.8 Å². The van der Waals surface area contributed by atoms with Crippen molar-refractivity contribution in [3.05, 3.63) is 30.1 Å². The van der Waals surface area contributed by atoms with Crippen LogP contribution in [0, 0.1) is 5.92 Å². The summed E-state index contributed by atoms with van der Waals surface area (Å²) in [5, 5.41) is 1.79. The molecule has 1 amide bonds. The molecule has 0 bridgehead atoms. The monoisotopic (exact) mass is 356 g/mol. The van der Waals surface area contributed by atoms with Crippen LogP contribution in [-0.4, -0.2) is 69.5 Å². The maximum Gasteiger partial charge on any atom is 0.227 e. The number of hydrogen-bond donors (Lipinski definition) is 1. The van der Waals surface area contributed by atoms with Gasteiger partial charge in [-0.25, -0.2) is 9.99 Å². The molecule has 26 heavy (non-hydrogen) atoms. The normalized spacial score (nSPS) is 22.8. The minimum atomic E-state index is 0.0998. The standard InChI is InChI=1S/C19H28N6O/c1-22-17-7-3-2-6-16(17)21-18(22)14-23-8-4-5-15(13-23)19(26)24-9-11-25(20)12-10-24/h2-3,6-7,15H,4-5,8-14,20H2,1H3/t15-/m1/s1. The molecule has 2 aliphatic rings. The average molecular weight is 356 g/mol. The van der Waals surface area contributed by atoms with Crippen molar-refractivity contribution in [2.45, 2.75) is 19.4 Å². The molecule has 2 saturated heterocycles. The number of aryl methyl sites for hydroxylation is 1. The van der Waals surface area contributed by atoms with Crippen LogP contribution in [0.1, 0.15) is 18.7 Å². The molecule has 1 aromatic carbocycles. The molecular weight excluding hydrogens is 328 g/mol. The molecule has 1 aromatic heterocycles. The molecule has 4 rings (SSSR count). The first kappa shape index (κ1) is 17.5. The number of nitrogens with zero attached hydrogens (tertiary/aromatic N) is 5. The predicted molar refractivity (Wildman–Crippen MR) is 101 cm³/mol. The molecule has 2 aromatic rings. The molecule has 2 N–H and O–H groups in total. The van der Waals surface area contributed by atoms with E-state index in [0.717, 1.165) is 75.5 Å². The number of piperazine rings is 1. The van der Waals surface area contributed by atoms with Crippen LogP contribution in [0.25, 0.3) is 11.0 Å². The lowest BCUT2D eigenvalue weighted by Crippen LogP contribution is -2.54. The van der Waals surface area contributed by atoms with Gasteiger partial charge in [0.15, 0.2) is 0 Å². The summed E-state index contributed by atoms with van der Waals surface area (Å²) in [5.74, 6) is 7.27. The Hall–Kier alpha value is -1.96. The zero-order chi connectivity index (χ0) is 18.1. The molecule has 7 heteroatoms. The third-order valence-corrected chi connectivity index (χ3v) is 5.73. The summed E-state index contributed by atoms with van der Waals surface area (Å²) in [6, 6.07) is 8.23. The van der Waals surface area contributed by atoms with Gasteiger partial charge in [-0.2, -0.15) is 0 Å². The Labute approximate surface area is 154 Å². The lowest BCUT2D eigenvalue weighted by Gasteiger charge is -2.37. The Kier molecular flexibility index (Phi) is 4.93. The second kappa shape index (κ2) is 7.34. The Balaban J connectivity index is 1.41. The molecule has 7 nitrogen and oxygen atoms in total. The summed E-state index contributed by atoms with van der Waals surface area (Å²) in [6.45, 7) is 5.68. The number of piperidine rings is 1. The number of hydrazine groups is 1. The topological polar surface area (TPSA) is 70.6 Å². The third kappa shape index (κ3) is 3.47. The van der Waals surface area contributed by atoms with E-state index < -0.39 is 0 Å². The van der Waals surface area contributed by atoms with E-state index in [2.05, 4.69) is 28.6 Å². The Morgan fingerprint density at radius 3 is 2.73 bits per heavy atom. The largest absolute Gasteiger partial charge is 0.340 e. The average Bonchev–Trinajstić information content (AvgIpc) is 2.98. The first-order valence-electron chi connectivity index (χ1n) is 9.53. The Morgan fingerprint density at radius 2 is 1.96 bits per heavy atom. The molecule has 0 unspecified atom stereocenters. The van der Waals surface area contributed by atoms with E-state index in [-0.39, 0.29) is 5.92 Å². The summed E-state index contributed by atoms with van der Waals surface area (Å²) in [5.41, 5.74) is 2.20. The smallest absolute Gasteiger partial charge is 0.227 e. The summed E-state index contributed by atoms with van der Waals surface area (Å²) < 4.78 is 2.17. The van der Waals surface area contributed by atoms with Gasteiger partial charge in [0.25, 0.3) is 0 Å². The van der Waals surface area contributed by atoms with Gasteiger partial charge in [-0.05, 0) is 31.5 Å². The van der Waals surface area contributed by atoms with Crippen molar-refractivity contribution in [2.75, 3.05) is 39.3 Å². The lowest BCUT2D eigenvalue weighted by atomic mass is 9.96. The number of carbonyl (C=O) groups excluding carboxylic acids is 1. The minimum Gasteiger partial charge on any atom is -0.340 e. The number of benzene rings is 1. The number of hydrogen-bond acceptors (Lipinski definition) is 5. The summed E-state index contributed by atoms with van der Waals surface area (Å²) in [7, 11) is 2.07. The Morgan fingerprint density at radius 1 is 1.19 bits per heavy atom. The lowest BCUT2D eigenvalue weighted by molar-refractivity contribution is -0.139. The van der Waals surface area contributed by atoms with Gasteiger partial charge in [0.2, 0.25) is 5.91 Å². The number of para-hydroxylation sites is 2. The van der Waals surface area contributed by atoms with Crippen LogP contribution in [0.4, 0.5) is 0 Å². The second-order valence-corrected chi connectivity index (χ2v) is 7.51. The number of imidazole rings is 1. The van der Waals surface area contributed by atoms with Crippen molar-refractivity contribution in [3.63, 3.8) is 0 Å². The predicted octanol–water partition coefficient (Wildman–Crippen LogP) is 0.803. The van der Waals surface area contributed by atoms with Crippen LogP contribution in [0.2, 0.25) is 0 Å². The van der Waals surface area contributed by atoms with Crippen LogP contribution in [0.5, 0.6) is 0 Å². The van der Waals surface area contributed by atoms with Crippen LogP contribution in [0.3, 0.4) is 0 Å². The number of amides is 1. The molecule has 1 atom stereocenters. The van der Waals surface area contributed by atoms with Crippen molar-refractivity contribution in [2.24, 2.45) is 18.8 Å². The third-order valence-electron chi connectivity index (χ3n) is 5.73. The Bertz CT molecular complexity index is 779. The quantitative estimate of drug-likeness (QED) is 0.824. The first-order valence-corrected chi connectivity index (χ1v) is 9.53. The van der Waals surface area contributed by atoms with E-state index in [9.17, 15) is 4.79 Å². The fourth-order valence-electron chi connectivity index (χ4n) is 4.14. The molecule has 0 aliphatic carbocycles. The van der Waals surface area contributed by atoms with Crippen LogP contribution in [-0.2, 0) is 18.4 Å². The van der Waals surface area contributed by atoms with E-state index in [1.165, 1.54) is 0 Å². The molecule has 140 valence electrons. The minimum absolute atomic E-state index is 0.0998. The van der Waals surface area contributed by atoms with Gasteiger partial charge in [-0.15, -0.1) is 0 Å². The number of aromatic nitrogens is 2. The van der Waals surface area contributed by atoms with Crippen LogP contribution >= 0.6 is 0 Å². The number of nitrogens with two attached hydrogens (primary N) is 1. The molecule has 3 heterocycles. The van der Waals surface area contributed by atoms with Gasteiger partial charge in [-0.3, -0.25) is 15.5 Å². The summed E-state index contributed by atoms with van der Waals surface area (Å²) >= 11 is 0. The second-order valence-electron chi connectivity index (χ2n) is 7.51. The number of rotatable bonds is 3. The molecule has 0 spiro atoms. The fraction of sp³-hybridized carbons (Fsp3) is 0.579. The molecule has 2 aliphatic heterocycles. The highest BCUT2D eigenvalue weighted by atomic mass is 16.2. The summed E-state index contributed by atoms with van der Waals surface area (Å²) in [4.78, 5) is 22.0. The van der Waals surface area contributed by atoms with Gasteiger partial charge in [0.05, 0.1) is 23.5 Å². The van der Waals surface area contributed by atoms with Crippen molar-refractivity contribution in [1.82, 2.24) is 24.4 Å². The van der Waals surface area contributed by atoms with Crippen LogP contribution in [0.15, 0.2) is 24.3 Å². The van der Waals surface area contributed by atoms with E-state index >= 15 is 0 Å². The fourth-order valence-corrected chi connectivity index (χ4v) is 4.14. The van der Waals surface area contributed by atoms with Crippen molar-refractivity contribution < 1.29 is 4.79 Å². The number of likely N-dealkylation sites (tertiary alicyclic amines) is 1. The highest BCUT2D eigenvalue weighted by Gasteiger charge is 2.31. The first-order chi connectivity index (χ1) is 12.6. The maximum absolute atomic E-state index is 12.9. The van der Waals surface area contributed by atoms with Gasteiger partial charge in [-0.1, -0.05) is 12.1 Å². The van der Waals surface area contributed by atoms with Crippen molar-refractivity contribution in [3.8, 4) is 0 Å². The van der Waals surface area contributed by atoms with E-state index in [1.54, 1.807) is 5.01 Å². The molecular formula is C19H28N6O. The molecule has 0 saturated carbocycles. The van der Waals surface area contributed by atoms with Gasteiger partial charge in [0.1, 0.15) is 5.82 Å². The highest BCUT2D eigenvalue weighted by Crippen LogP contribution is 2.22. The van der Waals surface area contributed by atoms with Gasteiger partial charge >= 0.3 is 0 Å². The summed E-state index contributed by atoms with van der Waals surface area (Å²) in [6.07, 6.45) is 2.05. The van der Waals surface area contributed by atoms with E-state index in [1.807, 2.05) is 17.0 Å².